The van der Waals surface area contributed by atoms with Crippen LogP contribution >= 0.6 is 0 Å². The second-order valence-electron chi connectivity index (χ2n) is 3.95. The second kappa shape index (κ2) is 4.37. The van der Waals surface area contributed by atoms with Crippen molar-refractivity contribution < 1.29 is 4.63 Å². The first kappa shape index (κ1) is 10.0. The van der Waals surface area contributed by atoms with Gasteiger partial charge in [-0.3, -0.25) is 5.43 Å². The third-order valence-corrected chi connectivity index (χ3v) is 2.75. The first-order valence-corrected chi connectivity index (χ1v) is 5.63. The van der Waals surface area contributed by atoms with Crippen molar-refractivity contribution in [2.75, 3.05) is 5.43 Å². The smallest absolute Gasteiger partial charge is 0.154 e. The molecule has 0 fully saturated rings. The van der Waals surface area contributed by atoms with Gasteiger partial charge in [0.2, 0.25) is 0 Å². The van der Waals surface area contributed by atoms with E-state index in [1.54, 1.807) is 0 Å². The number of aryl methyl sites for hydroxylation is 1. The zero-order valence-electron chi connectivity index (χ0n) is 9.26. The monoisotopic (exact) mass is 228 g/mol. The highest BCUT2D eigenvalue weighted by atomic mass is 16.6. The standard InChI is InChI=1S/C12H12N4O/c1-2-5-9(6-3-1)13-14-10-7-4-8-11-12(10)16-17-15-11/h1-3,5-6,13H,4,7-8H2/b14-10+. The molecule has 86 valence electrons. The minimum atomic E-state index is 0.791. The molecule has 0 amide bonds. The molecule has 1 heterocycles. The molecule has 1 aliphatic rings. The van der Waals surface area contributed by atoms with E-state index in [2.05, 4.69) is 20.8 Å². The highest BCUT2D eigenvalue weighted by Gasteiger charge is 2.21. The number of fused-ring (bicyclic) bond motifs is 1. The fourth-order valence-corrected chi connectivity index (χ4v) is 1.88. The van der Waals surface area contributed by atoms with E-state index in [0.717, 1.165) is 42.0 Å². The molecule has 1 N–H and O–H groups in total. The first-order chi connectivity index (χ1) is 8.43. The number of rotatable bonds is 2. The van der Waals surface area contributed by atoms with Crippen LogP contribution in [0.25, 0.3) is 0 Å². The van der Waals surface area contributed by atoms with Gasteiger partial charge in [0, 0.05) is 0 Å². The summed E-state index contributed by atoms with van der Waals surface area (Å²) in [6.45, 7) is 0. The van der Waals surface area contributed by atoms with Crippen molar-refractivity contribution in [3.8, 4) is 0 Å². The van der Waals surface area contributed by atoms with Crippen LogP contribution in [0.3, 0.4) is 0 Å². The molecule has 0 saturated carbocycles. The topological polar surface area (TPSA) is 63.3 Å². The molecule has 1 aromatic heterocycles. The lowest BCUT2D eigenvalue weighted by Gasteiger charge is -2.10. The fraction of sp³-hybridized carbons (Fsp3) is 0.250. The van der Waals surface area contributed by atoms with Gasteiger partial charge in [-0.25, -0.2) is 4.63 Å². The molecule has 0 aliphatic heterocycles. The van der Waals surface area contributed by atoms with Crippen molar-refractivity contribution >= 4 is 11.4 Å². The molecule has 0 atom stereocenters. The van der Waals surface area contributed by atoms with Crippen LogP contribution in [0.15, 0.2) is 40.1 Å². The van der Waals surface area contributed by atoms with Crippen LogP contribution in [0, 0.1) is 0 Å². The fourth-order valence-electron chi connectivity index (χ4n) is 1.88. The zero-order chi connectivity index (χ0) is 11.5. The number of aromatic nitrogens is 2. The van der Waals surface area contributed by atoms with Crippen molar-refractivity contribution in [1.82, 2.24) is 10.3 Å². The van der Waals surface area contributed by atoms with Crippen LogP contribution in [0.5, 0.6) is 0 Å². The molecule has 1 aromatic carbocycles. The van der Waals surface area contributed by atoms with E-state index >= 15 is 0 Å². The Morgan fingerprint density at radius 2 is 2.00 bits per heavy atom. The predicted octanol–water partition coefficient (Wildman–Crippen LogP) is 2.22. The van der Waals surface area contributed by atoms with Crippen molar-refractivity contribution in [2.45, 2.75) is 19.3 Å². The molecule has 0 saturated heterocycles. The van der Waals surface area contributed by atoms with E-state index < -0.39 is 0 Å². The van der Waals surface area contributed by atoms with E-state index in [-0.39, 0.29) is 0 Å². The van der Waals surface area contributed by atoms with Gasteiger partial charge in [0.05, 0.1) is 11.4 Å². The average Bonchev–Trinajstić information content (AvgIpc) is 2.86. The average molecular weight is 228 g/mol. The Morgan fingerprint density at radius 3 is 2.88 bits per heavy atom. The van der Waals surface area contributed by atoms with E-state index in [1.165, 1.54) is 0 Å². The number of nitrogens with zero attached hydrogens (tertiary/aromatic N) is 3. The molecule has 0 spiro atoms. The molecule has 5 heteroatoms. The summed E-state index contributed by atoms with van der Waals surface area (Å²) in [6, 6.07) is 9.83. The Hall–Kier alpha value is -2.17. The van der Waals surface area contributed by atoms with E-state index in [1.807, 2.05) is 30.3 Å². The molecule has 17 heavy (non-hydrogen) atoms. The number of hydrogen-bond acceptors (Lipinski definition) is 5. The Morgan fingerprint density at radius 1 is 1.12 bits per heavy atom. The van der Waals surface area contributed by atoms with Gasteiger partial charge in [-0.15, -0.1) is 0 Å². The summed E-state index contributed by atoms with van der Waals surface area (Å²) in [5, 5.41) is 12.1. The third-order valence-electron chi connectivity index (χ3n) is 2.75. The largest absolute Gasteiger partial charge is 0.278 e. The maximum absolute atomic E-state index is 4.74. The van der Waals surface area contributed by atoms with E-state index in [9.17, 15) is 0 Å². The lowest BCUT2D eigenvalue weighted by molar-refractivity contribution is 0.303. The highest BCUT2D eigenvalue weighted by Crippen LogP contribution is 2.18. The maximum atomic E-state index is 4.74. The molecule has 0 radical (unpaired) electrons. The summed E-state index contributed by atoms with van der Waals surface area (Å²) >= 11 is 0. The lowest BCUT2D eigenvalue weighted by atomic mass is 9.99. The predicted molar refractivity (Wildman–Crippen MR) is 63.8 cm³/mol. The zero-order valence-corrected chi connectivity index (χ0v) is 9.26. The number of hydrazone groups is 1. The van der Waals surface area contributed by atoms with Crippen LogP contribution < -0.4 is 5.43 Å². The van der Waals surface area contributed by atoms with Gasteiger partial charge in [0.1, 0.15) is 5.69 Å². The van der Waals surface area contributed by atoms with Gasteiger partial charge in [-0.05, 0) is 36.6 Å². The van der Waals surface area contributed by atoms with Gasteiger partial charge in [-0.2, -0.15) is 5.10 Å². The number of anilines is 1. The molecule has 0 bridgehead atoms. The summed E-state index contributed by atoms with van der Waals surface area (Å²) in [5.74, 6) is 0. The molecular formula is C12H12N4O. The van der Waals surface area contributed by atoms with Crippen LogP contribution in [0.1, 0.15) is 24.2 Å². The minimum Gasteiger partial charge on any atom is -0.278 e. The third kappa shape index (κ3) is 2.04. The van der Waals surface area contributed by atoms with Gasteiger partial charge < -0.3 is 0 Å². The SMILES string of the molecule is c1ccc(N/N=C2\CCCc3nonc32)cc1. The Bertz CT molecular complexity index is 532. The van der Waals surface area contributed by atoms with Crippen molar-refractivity contribution in [3.63, 3.8) is 0 Å². The summed E-state index contributed by atoms with van der Waals surface area (Å²) in [7, 11) is 0. The van der Waals surface area contributed by atoms with Crippen LogP contribution in [0.2, 0.25) is 0 Å². The van der Waals surface area contributed by atoms with Crippen LogP contribution in [-0.4, -0.2) is 16.0 Å². The van der Waals surface area contributed by atoms with Crippen molar-refractivity contribution in [3.05, 3.63) is 41.7 Å². The Kier molecular flexibility index (Phi) is 2.57. The van der Waals surface area contributed by atoms with E-state index in [0.29, 0.717) is 0 Å². The summed E-state index contributed by atoms with van der Waals surface area (Å²) in [6.07, 6.45) is 2.86. The van der Waals surface area contributed by atoms with Crippen LogP contribution in [0.4, 0.5) is 5.69 Å². The summed E-state index contributed by atoms with van der Waals surface area (Å²) in [4.78, 5) is 0. The Balaban J connectivity index is 1.82. The first-order valence-electron chi connectivity index (χ1n) is 5.63. The molecule has 0 unspecified atom stereocenters. The van der Waals surface area contributed by atoms with Gasteiger partial charge >= 0.3 is 0 Å². The van der Waals surface area contributed by atoms with Crippen LogP contribution in [-0.2, 0) is 6.42 Å². The normalized spacial score (nSPS) is 16.8. The van der Waals surface area contributed by atoms with Gasteiger partial charge in [-0.1, -0.05) is 23.4 Å². The molecular weight excluding hydrogens is 216 g/mol. The van der Waals surface area contributed by atoms with Gasteiger partial charge in [0.15, 0.2) is 5.69 Å². The molecule has 1 aliphatic carbocycles. The molecule has 2 aromatic rings. The van der Waals surface area contributed by atoms with Crippen molar-refractivity contribution in [2.24, 2.45) is 5.10 Å². The number of benzene rings is 1. The molecule has 5 nitrogen and oxygen atoms in total. The quantitative estimate of drug-likeness (QED) is 0.800. The maximum Gasteiger partial charge on any atom is 0.154 e. The number of hydrogen-bond donors (Lipinski definition) is 1. The summed E-state index contributed by atoms with van der Waals surface area (Å²) < 4.78 is 4.74. The van der Waals surface area contributed by atoms with E-state index in [4.69, 9.17) is 4.63 Å². The number of nitrogens with one attached hydrogen (secondary N) is 1. The summed E-state index contributed by atoms with van der Waals surface area (Å²) in [5.41, 5.74) is 6.60. The minimum absolute atomic E-state index is 0.791. The molecule has 3 rings (SSSR count). The lowest BCUT2D eigenvalue weighted by Crippen LogP contribution is -2.13. The van der Waals surface area contributed by atoms with Crippen molar-refractivity contribution in [1.29, 1.82) is 0 Å². The number of para-hydroxylation sites is 1. The second-order valence-corrected chi connectivity index (χ2v) is 3.95. The highest BCUT2D eigenvalue weighted by molar-refractivity contribution is 6.00. The van der Waals surface area contributed by atoms with Gasteiger partial charge in [0.25, 0.3) is 0 Å². The Labute approximate surface area is 98.5 Å².